The van der Waals surface area contributed by atoms with Crippen LogP contribution in [0.5, 0.6) is 0 Å². The molecule has 0 saturated heterocycles. The van der Waals surface area contributed by atoms with Crippen LogP contribution in [0.25, 0.3) is 0 Å². The molecule has 0 spiro atoms. The lowest BCUT2D eigenvalue weighted by Gasteiger charge is -2.40. The number of ketones is 1. The predicted octanol–water partition coefficient (Wildman–Crippen LogP) is 1.46. The minimum absolute atomic E-state index is 0.362. The zero-order valence-electron chi connectivity index (χ0n) is 15.1. The minimum atomic E-state index is -1.45. The normalized spacial score (nSPS) is 21.4. The Morgan fingerprint density at radius 3 is 1.96 bits per heavy atom. The number of nitrogens with one attached hydrogen (secondary N) is 2. The summed E-state index contributed by atoms with van der Waals surface area (Å²) in [5.74, 6) is -2.81. The van der Waals surface area contributed by atoms with E-state index in [0.717, 1.165) is 0 Å². The maximum Gasteiger partial charge on any atom is 0.303 e. The smallest absolute Gasteiger partial charge is 0.303 e. The maximum absolute atomic E-state index is 12.6. The van der Waals surface area contributed by atoms with Gasteiger partial charge in [-0.1, -0.05) is 22.6 Å². The van der Waals surface area contributed by atoms with Crippen LogP contribution in [-0.4, -0.2) is 52.2 Å². The topological polar surface area (TPSA) is 128 Å². The zero-order valence-corrected chi connectivity index (χ0v) is 21.5. The van der Waals surface area contributed by atoms with Crippen molar-refractivity contribution in [1.29, 1.82) is 0 Å². The largest absolute Gasteiger partial charge is 0.456 e. The average Bonchev–Trinajstić information content (AvgIpc) is 2.58. The van der Waals surface area contributed by atoms with Crippen molar-refractivity contribution in [1.82, 2.24) is 10.6 Å². The molecule has 1 aliphatic rings. The first-order valence-corrected chi connectivity index (χ1v) is 11.1. The number of ether oxygens (including phenoxy) is 2. The molecule has 2 N–H and O–H groups in total. The van der Waals surface area contributed by atoms with Crippen LogP contribution < -0.4 is 10.6 Å². The molecule has 0 radical (unpaired) electrons. The fraction of sp³-hybridized carbons (Fsp3) is 0.438. The van der Waals surface area contributed by atoms with Crippen LogP contribution in [0, 0.1) is 0 Å². The molecule has 0 fully saturated rings. The molecule has 9 nitrogen and oxygen atoms in total. The van der Waals surface area contributed by atoms with E-state index in [1.165, 1.54) is 20.8 Å². The van der Waals surface area contributed by atoms with Gasteiger partial charge in [-0.05, 0) is 58.2 Å². The Balaban J connectivity index is 3.16. The van der Waals surface area contributed by atoms with Crippen molar-refractivity contribution in [2.45, 2.75) is 30.2 Å². The highest BCUT2D eigenvalue weighted by atomic mass is 127. The summed E-state index contributed by atoms with van der Waals surface area (Å²) >= 11 is 5.91. The lowest BCUT2D eigenvalue weighted by molar-refractivity contribution is -0.147. The third-order valence-corrected chi connectivity index (χ3v) is 7.11. The van der Waals surface area contributed by atoms with Crippen LogP contribution in [0.4, 0.5) is 0 Å². The number of amides is 2. The van der Waals surface area contributed by atoms with Crippen molar-refractivity contribution in [3.8, 4) is 0 Å². The highest BCUT2D eigenvalue weighted by Crippen LogP contribution is 2.42. The van der Waals surface area contributed by atoms with Gasteiger partial charge in [0.05, 0.1) is 3.92 Å². The quantitative estimate of drug-likeness (QED) is 0.231. The average molecular weight is 730 g/mol. The number of carbonyl (C=O) groups is 5. The van der Waals surface area contributed by atoms with E-state index in [1.54, 1.807) is 6.08 Å². The van der Waals surface area contributed by atoms with Crippen molar-refractivity contribution < 1.29 is 33.4 Å². The fourth-order valence-electron chi connectivity index (χ4n) is 2.22. The van der Waals surface area contributed by atoms with Gasteiger partial charge < -0.3 is 20.1 Å². The van der Waals surface area contributed by atoms with Gasteiger partial charge in [0.1, 0.15) is 5.54 Å². The SMILES string of the molecule is CC(=O)OCC(=O)NC1=C(I)C=C(I)C(NC(=O)COC(C)=O)(C(C)=O)C1I. The second kappa shape index (κ2) is 10.8. The molecule has 0 bridgehead atoms. The van der Waals surface area contributed by atoms with Crippen molar-refractivity contribution >= 4 is 97.3 Å². The number of hydrogen-bond donors (Lipinski definition) is 2. The summed E-state index contributed by atoms with van der Waals surface area (Å²) in [6, 6.07) is 0. The summed E-state index contributed by atoms with van der Waals surface area (Å²) in [6.45, 7) is 2.66. The highest BCUT2D eigenvalue weighted by Gasteiger charge is 2.50. The molecule has 1 aliphatic carbocycles. The lowest BCUT2D eigenvalue weighted by atomic mass is 9.85. The van der Waals surface area contributed by atoms with Crippen LogP contribution in [-0.2, 0) is 33.4 Å². The summed E-state index contributed by atoms with van der Waals surface area (Å²) < 4.78 is 9.89. The molecule has 28 heavy (non-hydrogen) atoms. The Bertz CT molecular complexity index is 778. The molecular formula is C16H17I3N2O7. The molecule has 0 heterocycles. The number of esters is 2. The van der Waals surface area contributed by atoms with Gasteiger partial charge in [-0.2, -0.15) is 0 Å². The summed E-state index contributed by atoms with van der Waals surface area (Å²) in [5.41, 5.74) is -1.06. The van der Waals surface area contributed by atoms with Crippen molar-refractivity contribution in [2.75, 3.05) is 13.2 Å². The van der Waals surface area contributed by atoms with E-state index in [0.29, 0.717) is 12.9 Å². The number of rotatable bonds is 7. The summed E-state index contributed by atoms with van der Waals surface area (Å²) in [4.78, 5) is 58.8. The predicted molar refractivity (Wildman–Crippen MR) is 124 cm³/mol. The summed E-state index contributed by atoms with van der Waals surface area (Å²) in [7, 11) is 0. The number of Topliss-reactive ketones (excluding diaryl/α,β-unsaturated/α-hetero) is 1. The van der Waals surface area contributed by atoms with Gasteiger partial charge >= 0.3 is 11.9 Å². The molecule has 0 aromatic carbocycles. The number of allylic oxidation sites excluding steroid dienone is 2. The van der Waals surface area contributed by atoms with E-state index in [1.807, 2.05) is 67.8 Å². The summed E-state index contributed by atoms with van der Waals surface area (Å²) in [5, 5.41) is 5.28. The molecular weight excluding hydrogens is 713 g/mol. The Morgan fingerprint density at radius 2 is 1.50 bits per heavy atom. The maximum atomic E-state index is 12.6. The van der Waals surface area contributed by atoms with Gasteiger partial charge in [0.25, 0.3) is 11.8 Å². The first kappa shape index (κ1) is 25.3. The molecule has 0 aromatic rings. The Labute approximate surface area is 202 Å². The Hall–Kier alpha value is -0.780. The van der Waals surface area contributed by atoms with Gasteiger partial charge in [0.15, 0.2) is 19.0 Å². The third kappa shape index (κ3) is 6.36. The third-order valence-electron chi connectivity index (χ3n) is 3.50. The van der Waals surface area contributed by atoms with E-state index in [9.17, 15) is 24.0 Å². The van der Waals surface area contributed by atoms with E-state index < -0.39 is 46.4 Å². The second-order valence-electron chi connectivity index (χ2n) is 5.64. The van der Waals surface area contributed by atoms with Crippen LogP contribution in [0.15, 0.2) is 18.9 Å². The standard InChI is InChI=1S/C16H17I3N2O7/c1-7(22)16(21-13(26)6-28-9(3)24)11(18)4-10(17)14(15(16)19)20-12(25)5-27-8(2)23/h4,15H,5-6H2,1-3H3,(H,20,25)(H,21,26). The van der Waals surface area contributed by atoms with Crippen LogP contribution in [0.3, 0.4) is 0 Å². The number of carbonyl (C=O) groups excluding carboxylic acids is 5. The molecule has 1 rings (SSSR count). The van der Waals surface area contributed by atoms with Gasteiger partial charge in [0, 0.05) is 26.7 Å². The van der Waals surface area contributed by atoms with Gasteiger partial charge in [-0.3, -0.25) is 24.0 Å². The highest BCUT2D eigenvalue weighted by molar-refractivity contribution is 14.1. The van der Waals surface area contributed by atoms with E-state index in [4.69, 9.17) is 0 Å². The molecule has 0 saturated carbocycles. The van der Waals surface area contributed by atoms with Crippen molar-refractivity contribution in [3.63, 3.8) is 0 Å². The molecule has 0 aliphatic heterocycles. The number of alkyl halides is 1. The van der Waals surface area contributed by atoms with E-state index >= 15 is 0 Å². The number of hydrogen-bond acceptors (Lipinski definition) is 7. The van der Waals surface area contributed by atoms with Gasteiger partial charge in [0.2, 0.25) is 0 Å². The first-order valence-electron chi connectivity index (χ1n) is 7.71. The molecule has 154 valence electrons. The van der Waals surface area contributed by atoms with E-state index in [2.05, 4.69) is 20.1 Å². The monoisotopic (exact) mass is 730 g/mol. The second-order valence-corrected chi connectivity index (χ2v) is 9.21. The molecule has 2 amide bonds. The fourth-order valence-corrected chi connectivity index (χ4v) is 7.32. The molecule has 2 unspecified atom stereocenters. The zero-order chi connectivity index (χ0) is 21.6. The molecule has 0 aromatic heterocycles. The van der Waals surface area contributed by atoms with Crippen molar-refractivity contribution in [2.24, 2.45) is 0 Å². The van der Waals surface area contributed by atoms with Crippen molar-refractivity contribution in [3.05, 3.63) is 18.9 Å². The molecule has 2 atom stereocenters. The Kier molecular flexibility index (Phi) is 9.78. The van der Waals surface area contributed by atoms with Gasteiger partial charge in [-0.15, -0.1) is 0 Å². The number of halogens is 3. The van der Waals surface area contributed by atoms with Crippen LogP contribution in [0.1, 0.15) is 20.8 Å². The van der Waals surface area contributed by atoms with Crippen LogP contribution >= 0.6 is 67.8 Å². The lowest BCUT2D eigenvalue weighted by Crippen LogP contribution is -2.63. The Morgan fingerprint density at radius 1 is 1.00 bits per heavy atom. The summed E-state index contributed by atoms with van der Waals surface area (Å²) in [6.07, 6.45) is 1.66. The minimum Gasteiger partial charge on any atom is -0.456 e. The van der Waals surface area contributed by atoms with Crippen LogP contribution in [0.2, 0.25) is 0 Å². The van der Waals surface area contributed by atoms with E-state index in [-0.39, 0.29) is 5.78 Å². The first-order chi connectivity index (χ1) is 12.9. The van der Waals surface area contributed by atoms with Gasteiger partial charge in [-0.25, -0.2) is 0 Å². The molecule has 12 heteroatoms.